The first-order valence-electron chi connectivity index (χ1n) is 6.67. The van der Waals surface area contributed by atoms with Gasteiger partial charge in [0.05, 0.1) is 0 Å². The van der Waals surface area contributed by atoms with Crippen molar-refractivity contribution < 1.29 is 0 Å². The molecular weight excluding hydrogens is 184 g/mol. The highest BCUT2D eigenvalue weighted by molar-refractivity contribution is 4.92. The van der Waals surface area contributed by atoms with Crippen LogP contribution in [0.5, 0.6) is 0 Å². The molecule has 0 radical (unpaired) electrons. The van der Waals surface area contributed by atoms with Crippen LogP contribution >= 0.6 is 0 Å². The van der Waals surface area contributed by atoms with E-state index in [9.17, 15) is 0 Å². The zero-order valence-corrected chi connectivity index (χ0v) is 10.4. The summed E-state index contributed by atoms with van der Waals surface area (Å²) < 4.78 is 0. The van der Waals surface area contributed by atoms with Crippen LogP contribution in [0.25, 0.3) is 0 Å². The molecule has 0 aromatic heterocycles. The lowest BCUT2D eigenvalue weighted by Crippen LogP contribution is -2.53. The van der Waals surface area contributed by atoms with Crippen molar-refractivity contribution in [3.8, 4) is 0 Å². The lowest BCUT2D eigenvalue weighted by atomic mass is 9.80. The van der Waals surface area contributed by atoms with Crippen molar-refractivity contribution >= 4 is 0 Å². The van der Waals surface area contributed by atoms with E-state index in [0.717, 1.165) is 6.04 Å². The number of nitrogens with one attached hydrogen (secondary N) is 1. The fourth-order valence-electron chi connectivity index (χ4n) is 3.34. The molecule has 2 heteroatoms. The van der Waals surface area contributed by atoms with Crippen LogP contribution in [0.15, 0.2) is 0 Å². The van der Waals surface area contributed by atoms with Crippen molar-refractivity contribution in [2.75, 3.05) is 20.1 Å². The summed E-state index contributed by atoms with van der Waals surface area (Å²) >= 11 is 0. The second-order valence-corrected chi connectivity index (χ2v) is 5.61. The van der Waals surface area contributed by atoms with Crippen LogP contribution in [0.1, 0.15) is 51.9 Å². The summed E-state index contributed by atoms with van der Waals surface area (Å²) in [5.74, 6) is 0. The van der Waals surface area contributed by atoms with Gasteiger partial charge in [0.25, 0.3) is 0 Å². The molecule has 2 rings (SSSR count). The van der Waals surface area contributed by atoms with E-state index in [1.165, 1.54) is 58.0 Å². The fourth-order valence-corrected chi connectivity index (χ4v) is 3.34. The summed E-state index contributed by atoms with van der Waals surface area (Å²) in [6.45, 7) is 5.11. The Labute approximate surface area is 94.4 Å². The summed E-state index contributed by atoms with van der Waals surface area (Å²) in [6, 6.07) is 0.772. The molecule has 2 nitrogen and oxygen atoms in total. The largest absolute Gasteiger partial charge is 0.317 e. The standard InChI is InChI=1S/C13H26N2/c1-13(8-4-3-5-9-13)15-10-6-12(14-2)7-11-15/h12,14H,3-11H2,1-2H3. The van der Waals surface area contributed by atoms with Gasteiger partial charge < -0.3 is 5.32 Å². The third kappa shape index (κ3) is 2.54. The van der Waals surface area contributed by atoms with E-state index in [1.807, 2.05) is 0 Å². The molecule has 0 unspecified atom stereocenters. The SMILES string of the molecule is CNC1CCN(C2(C)CCCCC2)CC1. The maximum absolute atomic E-state index is 3.41. The fraction of sp³-hybridized carbons (Fsp3) is 1.00. The van der Waals surface area contributed by atoms with Crippen molar-refractivity contribution in [1.82, 2.24) is 10.2 Å². The number of nitrogens with zero attached hydrogens (tertiary/aromatic N) is 1. The summed E-state index contributed by atoms with van der Waals surface area (Å²) in [4.78, 5) is 2.76. The maximum Gasteiger partial charge on any atom is 0.0181 e. The normalized spacial score (nSPS) is 29.2. The average molecular weight is 210 g/mol. The Bertz CT molecular complexity index is 189. The highest BCUT2D eigenvalue weighted by Crippen LogP contribution is 2.34. The van der Waals surface area contributed by atoms with Gasteiger partial charge in [-0.2, -0.15) is 0 Å². The molecule has 0 spiro atoms. The van der Waals surface area contributed by atoms with E-state index >= 15 is 0 Å². The average Bonchev–Trinajstić information content (AvgIpc) is 2.30. The lowest BCUT2D eigenvalue weighted by Gasteiger charge is -2.47. The van der Waals surface area contributed by atoms with Crippen molar-refractivity contribution in [1.29, 1.82) is 0 Å². The van der Waals surface area contributed by atoms with Gasteiger partial charge in [-0.15, -0.1) is 0 Å². The molecule has 0 aromatic rings. The second-order valence-electron chi connectivity index (χ2n) is 5.61. The quantitative estimate of drug-likeness (QED) is 0.753. The van der Waals surface area contributed by atoms with E-state index in [0.29, 0.717) is 5.54 Å². The first kappa shape index (κ1) is 11.4. The first-order chi connectivity index (χ1) is 7.24. The summed E-state index contributed by atoms with van der Waals surface area (Å²) in [7, 11) is 2.10. The minimum Gasteiger partial charge on any atom is -0.317 e. The van der Waals surface area contributed by atoms with Crippen LogP contribution in [-0.2, 0) is 0 Å². The molecule has 1 aliphatic carbocycles. The van der Waals surface area contributed by atoms with E-state index in [2.05, 4.69) is 24.2 Å². The molecule has 1 saturated carbocycles. The lowest BCUT2D eigenvalue weighted by molar-refractivity contribution is 0.0409. The van der Waals surface area contributed by atoms with Crippen molar-refractivity contribution in [3.05, 3.63) is 0 Å². The van der Waals surface area contributed by atoms with Crippen LogP contribution in [0.3, 0.4) is 0 Å². The summed E-state index contributed by atoms with van der Waals surface area (Å²) in [6.07, 6.45) is 9.89. The molecule has 0 atom stereocenters. The van der Waals surface area contributed by atoms with Crippen molar-refractivity contribution in [3.63, 3.8) is 0 Å². The molecule has 0 bridgehead atoms. The molecule has 1 N–H and O–H groups in total. The molecule has 2 fully saturated rings. The van der Waals surface area contributed by atoms with Gasteiger partial charge in [-0.1, -0.05) is 19.3 Å². The van der Waals surface area contributed by atoms with Gasteiger partial charge in [0.2, 0.25) is 0 Å². The summed E-state index contributed by atoms with van der Waals surface area (Å²) in [5.41, 5.74) is 0.539. The topological polar surface area (TPSA) is 15.3 Å². The Morgan fingerprint density at radius 2 is 1.67 bits per heavy atom. The maximum atomic E-state index is 3.41. The van der Waals surface area contributed by atoms with E-state index in [-0.39, 0.29) is 0 Å². The Hall–Kier alpha value is -0.0800. The van der Waals surface area contributed by atoms with E-state index < -0.39 is 0 Å². The zero-order chi connectivity index (χ0) is 10.7. The van der Waals surface area contributed by atoms with Crippen LogP contribution in [0.4, 0.5) is 0 Å². The number of piperidine rings is 1. The highest BCUT2D eigenvalue weighted by Gasteiger charge is 2.34. The Morgan fingerprint density at radius 1 is 1.07 bits per heavy atom. The van der Waals surface area contributed by atoms with Crippen LogP contribution in [0.2, 0.25) is 0 Å². The first-order valence-corrected chi connectivity index (χ1v) is 6.67. The predicted octanol–water partition coefficient (Wildman–Crippen LogP) is 2.39. The molecule has 0 aromatic carbocycles. The summed E-state index contributed by atoms with van der Waals surface area (Å²) in [5, 5.41) is 3.41. The minimum atomic E-state index is 0.539. The molecule has 88 valence electrons. The molecule has 15 heavy (non-hydrogen) atoms. The van der Waals surface area contributed by atoms with Gasteiger partial charge in [-0.05, 0) is 39.7 Å². The Morgan fingerprint density at radius 3 is 2.20 bits per heavy atom. The predicted molar refractivity (Wildman–Crippen MR) is 65.1 cm³/mol. The minimum absolute atomic E-state index is 0.539. The van der Waals surface area contributed by atoms with Gasteiger partial charge in [0.15, 0.2) is 0 Å². The third-order valence-electron chi connectivity index (χ3n) is 4.60. The molecular formula is C13H26N2. The number of rotatable bonds is 2. The Kier molecular flexibility index (Phi) is 3.68. The van der Waals surface area contributed by atoms with Crippen LogP contribution < -0.4 is 5.32 Å². The van der Waals surface area contributed by atoms with Crippen LogP contribution in [-0.4, -0.2) is 36.6 Å². The van der Waals surface area contributed by atoms with Gasteiger partial charge in [-0.3, -0.25) is 4.90 Å². The highest BCUT2D eigenvalue weighted by atomic mass is 15.2. The van der Waals surface area contributed by atoms with E-state index in [1.54, 1.807) is 0 Å². The molecule has 1 heterocycles. The van der Waals surface area contributed by atoms with Crippen molar-refractivity contribution in [2.24, 2.45) is 0 Å². The van der Waals surface area contributed by atoms with Crippen LogP contribution in [0, 0.1) is 0 Å². The molecule has 2 aliphatic rings. The van der Waals surface area contributed by atoms with E-state index in [4.69, 9.17) is 0 Å². The second kappa shape index (κ2) is 4.84. The monoisotopic (exact) mass is 210 g/mol. The number of likely N-dealkylation sites (tertiary alicyclic amines) is 1. The molecule has 1 saturated heterocycles. The van der Waals surface area contributed by atoms with Gasteiger partial charge in [0, 0.05) is 24.7 Å². The van der Waals surface area contributed by atoms with Gasteiger partial charge in [-0.25, -0.2) is 0 Å². The van der Waals surface area contributed by atoms with Gasteiger partial charge >= 0.3 is 0 Å². The zero-order valence-electron chi connectivity index (χ0n) is 10.4. The van der Waals surface area contributed by atoms with Gasteiger partial charge in [0.1, 0.15) is 0 Å². The number of hydrogen-bond donors (Lipinski definition) is 1. The third-order valence-corrected chi connectivity index (χ3v) is 4.60. The molecule has 0 amide bonds. The number of hydrogen-bond acceptors (Lipinski definition) is 2. The molecule has 1 aliphatic heterocycles. The van der Waals surface area contributed by atoms with Crippen molar-refractivity contribution in [2.45, 2.75) is 63.5 Å². The Balaban J connectivity index is 1.88. The smallest absolute Gasteiger partial charge is 0.0181 e.